The van der Waals surface area contributed by atoms with Crippen LogP contribution in [-0.4, -0.2) is 39.3 Å². The van der Waals surface area contributed by atoms with Crippen LogP contribution in [0.5, 0.6) is 0 Å². The molecule has 0 atom stereocenters. The fourth-order valence-electron chi connectivity index (χ4n) is 2.75. The van der Waals surface area contributed by atoms with Gasteiger partial charge in [0.1, 0.15) is 17.6 Å². The Labute approximate surface area is 165 Å². The van der Waals surface area contributed by atoms with Gasteiger partial charge in [0, 0.05) is 24.3 Å². The number of aromatic nitrogens is 3. The molecule has 9 heteroatoms. The normalized spacial score (nSPS) is 10.8. The lowest BCUT2D eigenvalue weighted by Gasteiger charge is -2.15. The molecule has 0 saturated carbocycles. The number of hydrogen-bond donors (Lipinski definition) is 1. The maximum Gasteiger partial charge on any atom is 0.273 e. The molecule has 2 aromatic heterocycles. The molecule has 0 bridgehead atoms. The molecule has 1 aromatic carbocycles. The molecule has 0 aliphatic heterocycles. The highest BCUT2D eigenvalue weighted by atomic mass is 32.1. The molecular weight excluding hydrogens is 378 g/mol. The first-order chi connectivity index (χ1) is 13.4. The van der Waals surface area contributed by atoms with Crippen LogP contribution in [0.1, 0.15) is 31.1 Å². The average Bonchev–Trinajstić information content (AvgIpc) is 3.10. The fourth-order valence-corrected chi connectivity index (χ4v) is 3.84. The van der Waals surface area contributed by atoms with Crippen molar-refractivity contribution in [1.82, 2.24) is 14.5 Å². The van der Waals surface area contributed by atoms with Crippen molar-refractivity contribution < 1.29 is 9.59 Å². The molecule has 0 unspecified atom stereocenters. The Morgan fingerprint density at radius 2 is 2.00 bits per heavy atom. The van der Waals surface area contributed by atoms with Crippen molar-refractivity contribution in [2.45, 2.75) is 27.3 Å². The van der Waals surface area contributed by atoms with E-state index in [2.05, 4.69) is 15.3 Å². The first kappa shape index (κ1) is 19.7. The van der Waals surface area contributed by atoms with Crippen molar-refractivity contribution in [3.63, 3.8) is 0 Å². The SMILES string of the molecule is CCN(CC)c1nc2ncn(CC(=O)Nc3cccc(C(C)=O)c3)c(=O)c2s1. The third-order valence-electron chi connectivity index (χ3n) is 4.27. The number of carbonyl (C=O) groups is 2. The molecule has 1 N–H and O–H groups in total. The summed E-state index contributed by atoms with van der Waals surface area (Å²) < 4.78 is 1.69. The fraction of sp³-hybridized carbons (Fsp3) is 0.316. The summed E-state index contributed by atoms with van der Waals surface area (Å²) in [5, 5.41) is 3.45. The number of ketones is 1. The molecule has 0 radical (unpaired) electrons. The summed E-state index contributed by atoms with van der Waals surface area (Å²) in [7, 11) is 0. The molecule has 0 spiro atoms. The molecule has 2 heterocycles. The molecule has 0 saturated heterocycles. The van der Waals surface area contributed by atoms with Crippen molar-refractivity contribution in [1.29, 1.82) is 0 Å². The van der Waals surface area contributed by atoms with Crippen molar-refractivity contribution in [3.8, 4) is 0 Å². The molecule has 0 fully saturated rings. The van der Waals surface area contributed by atoms with Crippen LogP contribution in [0, 0.1) is 0 Å². The van der Waals surface area contributed by atoms with Gasteiger partial charge in [0.25, 0.3) is 5.56 Å². The number of thiazole rings is 1. The van der Waals surface area contributed by atoms with E-state index in [0.29, 0.717) is 21.6 Å². The van der Waals surface area contributed by atoms with E-state index >= 15 is 0 Å². The maximum absolute atomic E-state index is 12.7. The number of rotatable bonds is 7. The smallest absolute Gasteiger partial charge is 0.273 e. The molecule has 1 amide bonds. The van der Waals surface area contributed by atoms with Crippen LogP contribution in [0.3, 0.4) is 0 Å². The van der Waals surface area contributed by atoms with Crippen LogP contribution in [0.2, 0.25) is 0 Å². The number of fused-ring (bicyclic) bond motifs is 1. The lowest BCUT2D eigenvalue weighted by atomic mass is 10.1. The molecule has 3 rings (SSSR count). The molecular formula is C19H21N5O3S. The summed E-state index contributed by atoms with van der Waals surface area (Å²) in [6.45, 7) is 6.89. The number of anilines is 2. The van der Waals surface area contributed by atoms with Gasteiger partial charge in [-0.25, -0.2) is 4.98 Å². The molecule has 28 heavy (non-hydrogen) atoms. The van der Waals surface area contributed by atoms with E-state index in [0.717, 1.165) is 18.2 Å². The minimum absolute atomic E-state index is 0.0869. The maximum atomic E-state index is 12.7. The van der Waals surface area contributed by atoms with E-state index in [1.807, 2.05) is 18.7 Å². The topological polar surface area (TPSA) is 97.2 Å². The van der Waals surface area contributed by atoms with Gasteiger partial charge >= 0.3 is 0 Å². The van der Waals surface area contributed by atoms with E-state index < -0.39 is 0 Å². The third kappa shape index (κ3) is 4.09. The molecule has 146 valence electrons. The number of amides is 1. The predicted molar refractivity (Wildman–Crippen MR) is 110 cm³/mol. The largest absolute Gasteiger partial charge is 0.349 e. The summed E-state index contributed by atoms with van der Waals surface area (Å²) in [4.78, 5) is 47.2. The van der Waals surface area contributed by atoms with Crippen LogP contribution >= 0.6 is 11.3 Å². The number of Topliss-reactive ketones (excluding diaryl/α,β-unsaturated/α-hetero) is 1. The second-order valence-corrected chi connectivity index (χ2v) is 7.16. The summed E-state index contributed by atoms with van der Waals surface area (Å²) in [6.07, 6.45) is 1.34. The van der Waals surface area contributed by atoms with E-state index in [1.165, 1.54) is 29.2 Å². The van der Waals surface area contributed by atoms with E-state index in [1.54, 1.807) is 24.3 Å². The van der Waals surface area contributed by atoms with Gasteiger partial charge in [-0.15, -0.1) is 0 Å². The van der Waals surface area contributed by atoms with Crippen LogP contribution < -0.4 is 15.8 Å². The van der Waals surface area contributed by atoms with Crippen LogP contribution in [-0.2, 0) is 11.3 Å². The average molecular weight is 399 g/mol. The number of carbonyl (C=O) groups excluding carboxylic acids is 2. The molecule has 0 aliphatic rings. The third-order valence-corrected chi connectivity index (χ3v) is 5.37. The highest BCUT2D eigenvalue weighted by Gasteiger charge is 2.15. The Balaban J connectivity index is 1.81. The minimum Gasteiger partial charge on any atom is -0.349 e. The Hall–Kier alpha value is -3.07. The highest BCUT2D eigenvalue weighted by Crippen LogP contribution is 2.24. The van der Waals surface area contributed by atoms with Gasteiger partial charge in [0.2, 0.25) is 5.91 Å². The van der Waals surface area contributed by atoms with Gasteiger partial charge in [-0.05, 0) is 32.9 Å². The van der Waals surface area contributed by atoms with Crippen LogP contribution in [0.25, 0.3) is 10.3 Å². The van der Waals surface area contributed by atoms with Gasteiger partial charge in [-0.1, -0.05) is 23.5 Å². The first-order valence-corrected chi connectivity index (χ1v) is 9.76. The molecule has 0 aliphatic carbocycles. The van der Waals surface area contributed by atoms with E-state index in [9.17, 15) is 14.4 Å². The Morgan fingerprint density at radius 3 is 2.68 bits per heavy atom. The van der Waals surface area contributed by atoms with Crippen LogP contribution in [0.4, 0.5) is 10.8 Å². The number of hydrogen-bond acceptors (Lipinski definition) is 7. The van der Waals surface area contributed by atoms with Gasteiger partial charge < -0.3 is 10.2 Å². The second-order valence-electron chi connectivity index (χ2n) is 6.18. The lowest BCUT2D eigenvalue weighted by Crippen LogP contribution is -2.27. The quantitative estimate of drug-likeness (QED) is 0.613. The minimum atomic E-state index is -0.377. The summed E-state index contributed by atoms with van der Waals surface area (Å²) in [6, 6.07) is 6.66. The predicted octanol–water partition coefficient (Wildman–Crippen LogP) is 2.54. The first-order valence-electron chi connectivity index (χ1n) is 8.94. The summed E-state index contributed by atoms with van der Waals surface area (Å²) in [5.74, 6) is -0.464. The monoisotopic (exact) mass is 399 g/mol. The second kappa shape index (κ2) is 8.30. The summed E-state index contributed by atoms with van der Waals surface area (Å²) >= 11 is 1.28. The number of nitrogens with zero attached hydrogens (tertiary/aromatic N) is 4. The Kier molecular flexibility index (Phi) is 5.84. The van der Waals surface area contributed by atoms with Crippen molar-refractivity contribution in [3.05, 3.63) is 46.5 Å². The molecule has 8 nitrogen and oxygen atoms in total. The van der Waals surface area contributed by atoms with Crippen molar-refractivity contribution >= 4 is 44.2 Å². The number of benzene rings is 1. The highest BCUT2D eigenvalue weighted by molar-refractivity contribution is 7.22. The zero-order valence-electron chi connectivity index (χ0n) is 15.9. The van der Waals surface area contributed by atoms with Gasteiger partial charge in [0.05, 0.1) is 0 Å². The van der Waals surface area contributed by atoms with Crippen molar-refractivity contribution in [2.24, 2.45) is 0 Å². The van der Waals surface area contributed by atoms with Crippen LogP contribution in [0.15, 0.2) is 35.4 Å². The zero-order valence-corrected chi connectivity index (χ0v) is 16.7. The van der Waals surface area contributed by atoms with Crippen molar-refractivity contribution in [2.75, 3.05) is 23.3 Å². The lowest BCUT2D eigenvalue weighted by molar-refractivity contribution is -0.116. The summed E-state index contributed by atoms with van der Waals surface area (Å²) in [5.41, 5.74) is 1.10. The van der Waals surface area contributed by atoms with Gasteiger partial charge in [-0.2, -0.15) is 4.98 Å². The van der Waals surface area contributed by atoms with E-state index in [4.69, 9.17) is 0 Å². The van der Waals surface area contributed by atoms with Gasteiger partial charge in [-0.3, -0.25) is 19.0 Å². The molecule has 3 aromatic rings. The standard InChI is InChI=1S/C19H21N5O3S/c1-4-23(5-2)19-22-17-16(28-19)18(27)24(11-20-17)10-15(26)21-14-8-6-7-13(9-14)12(3)25/h6-9,11H,4-5,10H2,1-3H3,(H,21,26). The Morgan fingerprint density at radius 1 is 1.25 bits per heavy atom. The Bertz CT molecular complexity index is 1080. The van der Waals surface area contributed by atoms with E-state index in [-0.39, 0.29) is 23.8 Å². The number of nitrogens with one attached hydrogen (secondary N) is 1. The zero-order chi connectivity index (χ0) is 20.3. The van der Waals surface area contributed by atoms with Gasteiger partial charge in [0.15, 0.2) is 16.6 Å².